The molecule has 1 fully saturated rings. The van der Waals surface area contributed by atoms with Crippen LogP contribution in [0.25, 0.3) is 0 Å². The van der Waals surface area contributed by atoms with Crippen LogP contribution in [0.5, 0.6) is 0 Å². The molecule has 0 aliphatic carbocycles. The molecular weight excluding hydrogens is 202 g/mol. The molecule has 3 nitrogen and oxygen atoms in total. The van der Waals surface area contributed by atoms with Crippen LogP contribution in [-0.2, 0) is 4.74 Å². The van der Waals surface area contributed by atoms with Crippen molar-refractivity contribution < 1.29 is 9.53 Å². The summed E-state index contributed by atoms with van der Waals surface area (Å²) >= 11 is 0. The SMILES string of the molecule is CN(CC1CCOC1)C(=O)c1ccccc1. The van der Waals surface area contributed by atoms with Gasteiger partial charge in [0.15, 0.2) is 0 Å². The minimum Gasteiger partial charge on any atom is -0.381 e. The molecule has 16 heavy (non-hydrogen) atoms. The molecule has 0 N–H and O–H groups in total. The fourth-order valence-corrected chi connectivity index (χ4v) is 2.00. The van der Waals surface area contributed by atoms with Crippen molar-refractivity contribution in [3.8, 4) is 0 Å². The third-order valence-electron chi connectivity index (χ3n) is 2.92. The fraction of sp³-hybridized carbons (Fsp3) is 0.462. The van der Waals surface area contributed by atoms with Crippen LogP contribution in [0.2, 0.25) is 0 Å². The van der Waals surface area contributed by atoms with E-state index in [9.17, 15) is 4.79 Å². The van der Waals surface area contributed by atoms with E-state index >= 15 is 0 Å². The van der Waals surface area contributed by atoms with Gasteiger partial charge in [-0.25, -0.2) is 0 Å². The Morgan fingerprint density at radius 1 is 1.44 bits per heavy atom. The van der Waals surface area contributed by atoms with E-state index < -0.39 is 0 Å². The first-order valence-electron chi connectivity index (χ1n) is 5.65. The summed E-state index contributed by atoms with van der Waals surface area (Å²) in [6.45, 7) is 2.40. The van der Waals surface area contributed by atoms with E-state index in [0.29, 0.717) is 5.92 Å². The highest BCUT2D eigenvalue weighted by molar-refractivity contribution is 5.93. The molecule has 1 atom stereocenters. The molecule has 0 bridgehead atoms. The number of carbonyl (C=O) groups is 1. The van der Waals surface area contributed by atoms with Crippen LogP contribution in [-0.4, -0.2) is 37.6 Å². The molecule has 1 amide bonds. The molecule has 0 spiro atoms. The zero-order chi connectivity index (χ0) is 11.4. The lowest BCUT2D eigenvalue weighted by molar-refractivity contribution is 0.0766. The van der Waals surface area contributed by atoms with Gasteiger partial charge >= 0.3 is 0 Å². The van der Waals surface area contributed by atoms with Crippen molar-refractivity contribution in [3.05, 3.63) is 35.9 Å². The number of rotatable bonds is 3. The van der Waals surface area contributed by atoms with Crippen molar-refractivity contribution >= 4 is 5.91 Å². The van der Waals surface area contributed by atoms with Crippen LogP contribution in [0.15, 0.2) is 30.3 Å². The van der Waals surface area contributed by atoms with Gasteiger partial charge in [-0.05, 0) is 18.6 Å². The number of hydrogen-bond acceptors (Lipinski definition) is 2. The highest BCUT2D eigenvalue weighted by Crippen LogP contribution is 2.14. The van der Waals surface area contributed by atoms with Crippen LogP contribution >= 0.6 is 0 Å². The molecule has 1 aliphatic heterocycles. The first kappa shape index (κ1) is 11.1. The molecule has 0 radical (unpaired) electrons. The molecule has 1 saturated heterocycles. The van der Waals surface area contributed by atoms with Crippen molar-refractivity contribution in [1.29, 1.82) is 0 Å². The molecular formula is C13H17NO2. The molecule has 1 aliphatic rings. The Balaban J connectivity index is 1.94. The molecule has 86 valence electrons. The molecule has 0 saturated carbocycles. The Kier molecular flexibility index (Phi) is 3.57. The smallest absolute Gasteiger partial charge is 0.253 e. The summed E-state index contributed by atoms with van der Waals surface area (Å²) in [5.41, 5.74) is 0.754. The maximum atomic E-state index is 12.0. The Bertz CT molecular complexity index is 344. The lowest BCUT2D eigenvalue weighted by Crippen LogP contribution is -2.32. The van der Waals surface area contributed by atoms with Crippen molar-refractivity contribution in [2.24, 2.45) is 5.92 Å². The Morgan fingerprint density at radius 3 is 2.81 bits per heavy atom. The largest absolute Gasteiger partial charge is 0.381 e. The summed E-state index contributed by atoms with van der Waals surface area (Å²) in [5.74, 6) is 0.588. The molecule has 1 aromatic rings. The molecule has 1 unspecified atom stereocenters. The second kappa shape index (κ2) is 5.12. The van der Waals surface area contributed by atoms with Crippen molar-refractivity contribution in [2.75, 3.05) is 26.8 Å². The van der Waals surface area contributed by atoms with Crippen LogP contribution in [0.1, 0.15) is 16.8 Å². The predicted molar refractivity (Wildman–Crippen MR) is 62.3 cm³/mol. The zero-order valence-corrected chi connectivity index (χ0v) is 9.56. The molecule has 3 heteroatoms. The summed E-state index contributed by atoms with van der Waals surface area (Å²) < 4.78 is 5.31. The average molecular weight is 219 g/mol. The maximum Gasteiger partial charge on any atom is 0.253 e. The summed E-state index contributed by atoms with van der Waals surface area (Å²) in [4.78, 5) is 13.8. The fourth-order valence-electron chi connectivity index (χ4n) is 2.00. The first-order valence-corrected chi connectivity index (χ1v) is 5.65. The lowest BCUT2D eigenvalue weighted by Gasteiger charge is -2.20. The number of nitrogens with zero attached hydrogens (tertiary/aromatic N) is 1. The molecule has 1 heterocycles. The molecule has 1 aromatic carbocycles. The minimum atomic E-state index is 0.0903. The maximum absolute atomic E-state index is 12.0. The van der Waals surface area contributed by atoms with E-state index in [1.807, 2.05) is 37.4 Å². The number of ether oxygens (including phenoxy) is 1. The molecule has 0 aromatic heterocycles. The van der Waals surface area contributed by atoms with Crippen molar-refractivity contribution in [2.45, 2.75) is 6.42 Å². The summed E-state index contributed by atoms with van der Waals surface area (Å²) in [6, 6.07) is 9.40. The monoisotopic (exact) mass is 219 g/mol. The van der Waals surface area contributed by atoms with Gasteiger partial charge < -0.3 is 9.64 Å². The van der Waals surface area contributed by atoms with E-state index in [1.165, 1.54) is 0 Å². The average Bonchev–Trinajstić information content (AvgIpc) is 2.82. The van der Waals surface area contributed by atoms with Gasteiger partial charge in [-0.1, -0.05) is 18.2 Å². The van der Waals surface area contributed by atoms with Crippen LogP contribution in [0, 0.1) is 5.92 Å². The third kappa shape index (κ3) is 2.61. The number of amides is 1. The van der Waals surface area contributed by atoms with Crippen LogP contribution < -0.4 is 0 Å². The van der Waals surface area contributed by atoms with Gasteiger partial charge in [-0.2, -0.15) is 0 Å². The van der Waals surface area contributed by atoms with Crippen LogP contribution in [0.4, 0.5) is 0 Å². The van der Waals surface area contributed by atoms with Gasteiger partial charge in [-0.3, -0.25) is 4.79 Å². The summed E-state index contributed by atoms with van der Waals surface area (Å²) in [5, 5.41) is 0. The summed E-state index contributed by atoms with van der Waals surface area (Å²) in [6.07, 6.45) is 1.06. The lowest BCUT2D eigenvalue weighted by atomic mass is 10.1. The van der Waals surface area contributed by atoms with E-state index in [-0.39, 0.29) is 5.91 Å². The standard InChI is InChI=1S/C13H17NO2/c1-14(9-11-7-8-16-10-11)13(15)12-5-3-2-4-6-12/h2-6,11H,7-10H2,1H3. The van der Waals surface area contributed by atoms with E-state index in [2.05, 4.69) is 0 Å². The van der Waals surface area contributed by atoms with Crippen molar-refractivity contribution in [1.82, 2.24) is 4.90 Å². The Morgan fingerprint density at radius 2 is 2.19 bits per heavy atom. The summed E-state index contributed by atoms with van der Waals surface area (Å²) in [7, 11) is 1.85. The van der Waals surface area contributed by atoms with Gasteiger partial charge in [0.1, 0.15) is 0 Å². The first-order chi connectivity index (χ1) is 7.77. The Hall–Kier alpha value is -1.35. The normalized spacial score (nSPS) is 19.7. The predicted octanol–water partition coefficient (Wildman–Crippen LogP) is 1.80. The van der Waals surface area contributed by atoms with E-state index in [1.54, 1.807) is 4.90 Å². The highest BCUT2D eigenvalue weighted by Gasteiger charge is 2.20. The number of hydrogen-bond donors (Lipinski definition) is 0. The second-order valence-electron chi connectivity index (χ2n) is 4.28. The molecule has 2 rings (SSSR count). The van der Waals surface area contributed by atoms with Gasteiger partial charge in [-0.15, -0.1) is 0 Å². The second-order valence-corrected chi connectivity index (χ2v) is 4.28. The quantitative estimate of drug-likeness (QED) is 0.775. The Labute approximate surface area is 96.0 Å². The van der Waals surface area contributed by atoms with E-state index in [0.717, 1.165) is 31.7 Å². The van der Waals surface area contributed by atoms with Crippen molar-refractivity contribution in [3.63, 3.8) is 0 Å². The van der Waals surface area contributed by atoms with E-state index in [4.69, 9.17) is 4.74 Å². The van der Waals surface area contributed by atoms with Gasteiger partial charge in [0.25, 0.3) is 5.91 Å². The highest BCUT2D eigenvalue weighted by atomic mass is 16.5. The number of benzene rings is 1. The zero-order valence-electron chi connectivity index (χ0n) is 9.56. The van der Waals surface area contributed by atoms with Gasteiger partial charge in [0.05, 0.1) is 6.61 Å². The number of carbonyl (C=O) groups excluding carboxylic acids is 1. The third-order valence-corrected chi connectivity index (χ3v) is 2.92. The van der Waals surface area contributed by atoms with Crippen LogP contribution in [0.3, 0.4) is 0 Å². The minimum absolute atomic E-state index is 0.0903. The topological polar surface area (TPSA) is 29.5 Å². The van der Waals surface area contributed by atoms with Gasteiger partial charge in [0.2, 0.25) is 0 Å². The van der Waals surface area contributed by atoms with Gasteiger partial charge in [0, 0.05) is 31.7 Å².